The summed E-state index contributed by atoms with van der Waals surface area (Å²) in [7, 11) is -3.65. The minimum atomic E-state index is -3.65. The number of sulfonamides is 1. The molecule has 1 heterocycles. The summed E-state index contributed by atoms with van der Waals surface area (Å²) in [5.74, 6) is 0.449. The Bertz CT molecular complexity index is 565. The van der Waals surface area contributed by atoms with Gasteiger partial charge < -0.3 is 14.9 Å². The quantitative estimate of drug-likeness (QED) is 0.824. The van der Waals surface area contributed by atoms with Gasteiger partial charge in [0.2, 0.25) is 5.09 Å². The highest BCUT2D eigenvalue weighted by Crippen LogP contribution is 2.43. The van der Waals surface area contributed by atoms with Crippen molar-refractivity contribution in [1.29, 1.82) is 0 Å². The summed E-state index contributed by atoms with van der Waals surface area (Å²) in [6.07, 6.45) is 0.751. The van der Waals surface area contributed by atoms with Crippen molar-refractivity contribution in [2.45, 2.75) is 51.0 Å². The van der Waals surface area contributed by atoms with Crippen LogP contribution in [0.5, 0.6) is 0 Å². The largest absolute Gasteiger partial charge is 0.447 e. The summed E-state index contributed by atoms with van der Waals surface area (Å²) in [4.78, 5) is 0. The molecular formula is C13H22N2O4S. The number of furan rings is 1. The first kappa shape index (κ1) is 15.5. The van der Waals surface area contributed by atoms with Crippen molar-refractivity contribution in [3.8, 4) is 0 Å². The van der Waals surface area contributed by atoms with Gasteiger partial charge >= 0.3 is 0 Å². The van der Waals surface area contributed by atoms with Crippen molar-refractivity contribution in [3.63, 3.8) is 0 Å². The van der Waals surface area contributed by atoms with Gasteiger partial charge in [-0.25, -0.2) is 13.1 Å². The van der Waals surface area contributed by atoms with E-state index in [1.807, 2.05) is 20.8 Å². The van der Waals surface area contributed by atoms with Crippen LogP contribution in [0.25, 0.3) is 0 Å². The first-order valence-corrected chi connectivity index (χ1v) is 8.22. The molecule has 0 aromatic carbocycles. The summed E-state index contributed by atoms with van der Waals surface area (Å²) in [6, 6.07) is 2.84. The summed E-state index contributed by atoms with van der Waals surface area (Å²) >= 11 is 0. The van der Waals surface area contributed by atoms with Crippen LogP contribution in [0.3, 0.4) is 0 Å². The first-order valence-electron chi connectivity index (χ1n) is 6.74. The van der Waals surface area contributed by atoms with E-state index in [2.05, 4.69) is 4.72 Å². The van der Waals surface area contributed by atoms with Gasteiger partial charge in [-0.15, -0.1) is 0 Å². The van der Waals surface area contributed by atoms with Crippen LogP contribution >= 0.6 is 0 Å². The number of hydrogen-bond acceptors (Lipinski definition) is 5. The van der Waals surface area contributed by atoms with Gasteiger partial charge in [0.05, 0.1) is 12.6 Å². The molecule has 0 spiro atoms. The number of nitrogens with two attached hydrogens (primary N) is 1. The van der Waals surface area contributed by atoms with Crippen LogP contribution in [0, 0.1) is 5.41 Å². The molecule has 1 aromatic rings. The molecule has 1 aliphatic rings. The third kappa shape index (κ3) is 2.76. The average molecular weight is 302 g/mol. The van der Waals surface area contributed by atoms with E-state index >= 15 is 0 Å². The molecule has 0 amide bonds. The second-order valence-electron chi connectivity index (χ2n) is 5.60. The summed E-state index contributed by atoms with van der Waals surface area (Å²) in [5.41, 5.74) is 5.18. The molecule has 2 rings (SSSR count). The second kappa shape index (κ2) is 5.48. The maximum absolute atomic E-state index is 12.2. The number of hydrogen-bond donors (Lipinski definition) is 2. The van der Waals surface area contributed by atoms with E-state index in [-0.39, 0.29) is 29.2 Å². The number of nitrogens with one attached hydrogen (secondary N) is 1. The topological polar surface area (TPSA) is 94.6 Å². The predicted molar refractivity (Wildman–Crippen MR) is 74.5 cm³/mol. The van der Waals surface area contributed by atoms with Crippen molar-refractivity contribution in [2.24, 2.45) is 11.1 Å². The van der Waals surface area contributed by atoms with Crippen molar-refractivity contribution in [1.82, 2.24) is 4.72 Å². The van der Waals surface area contributed by atoms with Crippen LogP contribution in [0.15, 0.2) is 21.6 Å². The van der Waals surface area contributed by atoms with E-state index in [1.165, 1.54) is 6.07 Å². The predicted octanol–water partition coefficient (Wildman–Crippen LogP) is 1.22. The number of rotatable bonds is 6. The van der Waals surface area contributed by atoms with Crippen molar-refractivity contribution in [3.05, 3.63) is 17.9 Å². The average Bonchev–Trinajstić information content (AvgIpc) is 2.87. The van der Waals surface area contributed by atoms with E-state index < -0.39 is 10.0 Å². The Morgan fingerprint density at radius 1 is 1.50 bits per heavy atom. The van der Waals surface area contributed by atoms with E-state index in [0.717, 1.165) is 0 Å². The Morgan fingerprint density at radius 2 is 2.20 bits per heavy atom. The van der Waals surface area contributed by atoms with E-state index in [1.54, 1.807) is 6.07 Å². The van der Waals surface area contributed by atoms with Crippen LogP contribution in [0.1, 0.15) is 33.0 Å². The van der Waals surface area contributed by atoms with Crippen molar-refractivity contribution in [2.75, 3.05) is 6.61 Å². The number of ether oxygens (including phenoxy) is 1. The van der Waals surface area contributed by atoms with E-state index in [4.69, 9.17) is 14.9 Å². The highest BCUT2D eigenvalue weighted by Gasteiger charge is 2.50. The normalized spacial score (nSPS) is 25.4. The Balaban J connectivity index is 2.07. The fourth-order valence-corrected chi connectivity index (χ4v) is 3.78. The van der Waals surface area contributed by atoms with Crippen LogP contribution in [0.4, 0.5) is 0 Å². The Hall–Kier alpha value is -0.890. The molecule has 6 nitrogen and oxygen atoms in total. The lowest BCUT2D eigenvalue weighted by atomic mass is 9.65. The van der Waals surface area contributed by atoms with Crippen molar-refractivity contribution < 1.29 is 17.6 Å². The minimum Gasteiger partial charge on any atom is -0.447 e. The van der Waals surface area contributed by atoms with E-state index in [9.17, 15) is 8.42 Å². The lowest BCUT2D eigenvalue weighted by Crippen LogP contribution is -2.61. The zero-order valence-corrected chi connectivity index (χ0v) is 12.9. The molecule has 3 N–H and O–H groups in total. The zero-order chi connectivity index (χ0) is 15.0. The molecular weight excluding hydrogens is 280 g/mol. The highest BCUT2D eigenvalue weighted by atomic mass is 32.2. The first-order chi connectivity index (χ1) is 9.31. The molecule has 114 valence electrons. The van der Waals surface area contributed by atoms with Gasteiger partial charge in [0.25, 0.3) is 10.0 Å². The molecule has 1 aromatic heterocycles. The Kier molecular flexibility index (Phi) is 4.24. The summed E-state index contributed by atoms with van der Waals surface area (Å²) < 4.78 is 37.9. The second-order valence-corrected chi connectivity index (χ2v) is 7.24. The maximum atomic E-state index is 12.2. The van der Waals surface area contributed by atoms with Gasteiger partial charge in [0.15, 0.2) is 0 Å². The third-order valence-electron chi connectivity index (χ3n) is 3.95. The van der Waals surface area contributed by atoms with Gasteiger partial charge in [0.1, 0.15) is 5.76 Å². The molecule has 0 radical (unpaired) electrons. The summed E-state index contributed by atoms with van der Waals surface area (Å²) in [5, 5.41) is -0.0893. The molecule has 1 saturated carbocycles. The standard InChI is InChI=1S/C13H22N2O4S/c1-4-18-11-7-10(13(11,2)3)15-20(16,17)12-6-5-9(8-14)19-12/h5-6,10-11,15H,4,7-8,14H2,1-3H3. The molecule has 1 aliphatic carbocycles. The molecule has 0 aliphatic heterocycles. The molecule has 1 fully saturated rings. The van der Waals surface area contributed by atoms with Crippen LogP contribution in [-0.2, 0) is 21.3 Å². The minimum absolute atomic E-state index is 0.0800. The molecule has 0 saturated heterocycles. The fraction of sp³-hybridized carbons (Fsp3) is 0.692. The lowest BCUT2D eigenvalue weighted by molar-refractivity contribution is -0.108. The van der Waals surface area contributed by atoms with Gasteiger partial charge in [-0.3, -0.25) is 0 Å². The van der Waals surface area contributed by atoms with Gasteiger partial charge in [0, 0.05) is 18.1 Å². The lowest BCUT2D eigenvalue weighted by Gasteiger charge is -2.51. The molecule has 2 atom stereocenters. The fourth-order valence-electron chi connectivity index (χ4n) is 2.43. The highest BCUT2D eigenvalue weighted by molar-refractivity contribution is 7.89. The van der Waals surface area contributed by atoms with E-state index in [0.29, 0.717) is 18.8 Å². The van der Waals surface area contributed by atoms with Gasteiger partial charge in [-0.2, -0.15) is 0 Å². The molecule has 20 heavy (non-hydrogen) atoms. The monoisotopic (exact) mass is 302 g/mol. The zero-order valence-electron chi connectivity index (χ0n) is 12.0. The SMILES string of the molecule is CCOC1CC(NS(=O)(=O)c2ccc(CN)o2)C1(C)C. The smallest absolute Gasteiger partial charge is 0.274 e. The molecule has 0 bridgehead atoms. The van der Waals surface area contributed by atoms with Gasteiger partial charge in [-0.05, 0) is 25.5 Å². The summed E-state index contributed by atoms with van der Waals surface area (Å²) in [6.45, 7) is 6.74. The van der Waals surface area contributed by atoms with Crippen molar-refractivity contribution >= 4 is 10.0 Å². The van der Waals surface area contributed by atoms with Crippen LogP contribution in [-0.4, -0.2) is 27.2 Å². The molecule has 7 heteroatoms. The van der Waals surface area contributed by atoms with Crippen LogP contribution < -0.4 is 10.5 Å². The Labute approximate surface area is 119 Å². The molecule has 2 unspecified atom stereocenters. The Morgan fingerprint density at radius 3 is 2.70 bits per heavy atom. The van der Waals surface area contributed by atoms with Crippen LogP contribution in [0.2, 0.25) is 0 Å². The third-order valence-corrected chi connectivity index (χ3v) is 5.29. The van der Waals surface area contributed by atoms with Gasteiger partial charge in [-0.1, -0.05) is 13.8 Å². The maximum Gasteiger partial charge on any atom is 0.274 e.